The quantitative estimate of drug-likeness (QED) is 0.166. The van der Waals surface area contributed by atoms with Gasteiger partial charge in [-0.05, 0) is 120 Å². The summed E-state index contributed by atoms with van der Waals surface area (Å²) in [6, 6.07) is 65.5. The minimum Gasteiger partial charge on any atom is -0.310 e. The van der Waals surface area contributed by atoms with Crippen molar-refractivity contribution in [2.45, 2.75) is 19.3 Å². The van der Waals surface area contributed by atoms with Crippen molar-refractivity contribution < 1.29 is 0 Å². The third-order valence-corrected chi connectivity index (χ3v) is 12.8. The van der Waals surface area contributed by atoms with E-state index in [1.165, 1.54) is 85.9 Å². The van der Waals surface area contributed by atoms with E-state index < -0.39 is 0 Å². The van der Waals surface area contributed by atoms with Gasteiger partial charge in [-0.15, -0.1) is 11.3 Å². The SMILES string of the molecule is CC1(C)c2ccccc2-c2cc(N(c3ccc(-c4ccc5ccc6c7ccccc7ccc6c5c4)cc3)c3ccc4sc5ccccc5c4c3)ccc21. The van der Waals surface area contributed by atoms with E-state index in [0.29, 0.717) is 0 Å². The molecular formula is C51H35NS. The van der Waals surface area contributed by atoms with Crippen molar-refractivity contribution in [2.24, 2.45) is 0 Å². The van der Waals surface area contributed by atoms with Gasteiger partial charge in [0.2, 0.25) is 0 Å². The van der Waals surface area contributed by atoms with E-state index in [1.807, 2.05) is 11.3 Å². The summed E-state index contributed by atoms with van der Waals surface area (Å²) in [5.74, 6) is 0. The number of fused-ring (bicyclic) bond motifs is 11. The molecule has 1 aliphatic carbocycles. The van der Waals surface area contributed by atoms with Crippen molar-refractivity contribution in [2.75, 3.05) is 4.90 Å². The van der Waals surface area contributed by atoms with Gasteiger partial charge in [0.05, 0.1) is 0 Å². The van der Waals surface area contributed by atoms with E-state index in [1.54, 1.807) is 0 Å². The van der Waals surface area contributed by atoms with E-state index in [0.717, 1.165) is 17.1 Å². The molecule has 1 heterocycles. The molecule has 10 aromatic rings. The Balaban J connectivity index is 1.06. The summed E-state index contributed by atoms with van der Waals surface area (Å²) in [6.45, 7) is 4.70. The van der Waals surface area contributed by atoms with Crippen LogP contribution in [-0.4, -0.2) is 0 Å². The maximum atomic E-state index is 2.43. The molecule has 0 bridgehead atoms. The zero-order valence-corrected chi connectivity index (χ0v) is 30.4. The Kier molecular flexibility index (Phi) is 6.53. The second kappa shape index (κ2) is 11.4. The highest BCUT2D eigenvalue weighted by Crippen LogP contribution is 2.51. The van der Waals surface area contributed by atoms with E-state index in [2.05, 4.69) is 195 Å². The lowest BCUT2D eigenvalue weighted by molar-refractivity contribution is 0.660. The van der Waals surface area contributed by atoms with E-state index in [4.69, 9.17) is 0 Å². The molecular weight excluding hydrogens is 659 g/mol. The first-order valence-corrected chi connectivity index (χ1v) is 19.2. The Hall–Kier alpha value is -6.22. The number of hydrogen-bond acceptors (Lipinski definition) is 2. The lowest BCUT2D eigenvalue weighted by Crippen LogP contribution is -2.15. The Morgan fingerprint density at radius 3 is 1.85 bits per heavy atom. The molecule has 0 saturated carbocycles. The van der Waals surface area contributed by atoms with Crippen molar-refractivity contribution in [3.8, 4) is 22.3 Å². The van der Waals surface area contributed by atoms with Crippen LogP contribution in [0, 0.1) is 0 Å². The Bertz CT molecular complexity index is 3090. The number of nitrogens with zero attached hydrogens (tertiary/aromatic N) is 1. The number of anilines is 3. The van der Waals surface area contributed by atoms with Gasteiger partial charge in [-0.1, -0.05) is 135 Å². The molecule has 0 saturated heterocycles. The molecule has 0 aliphatic heterocycles. The second-order valence-corrected chi connectivity index (χ2v) is 16.0. The zero-order valence-electron chi connectivity index (χ0n) is 29.6. The normalized spacial score (nSPS) is 13.2. The average Bonchev–Trinajstić information content (AvgIpc) is 3.69. The maximum Gasteiger partial charge on any atom is 0.0468 e. The van der Waals surface area contributed by atoms with Crippen molar-refractivity contribution in [3.63, 3.8) is 0 Å². The molecule has 1 aliphatic rings. The van der Waals surface area contributed by atoms with Crippen LogP contribution >= 0.6 is 11.3 Å². The van der Waals surface area contributed by atoms with Crippen LogP contribution in [0.3, 0.4) is 0 Å². The smallest absolute Gasteiger partial charge is 0.0468 e. The molecule has 0 spiro atoms. The lowest BCUT2D eigenvalue weighted by Gasteiger charge is -2.27. The summed E-state index contributed by atoms with van der Waals surface area (Å²) in [4.78, 5) is 2.43. The van der Waals surface area contributed by atoms with Crippen molar-refractivity contribution in [1.29, 1.82) is 0 Å². The van der Waals surface area contributed by atoms with Crippen molar-refractivity contribution >= 4 is 80.9 Å². The maximum absolute atomic E-state index is 2.43. The van der Waals surface area contributed by atoms with Crippen LogP contribution in [0.4, 0.5) is 17.1 Å². The molecule has 0 amide bonds. The zero-order chi connectivity index (χ0) is 35.3. The summed E-state index contributed by atoms with van der Waals surface area (Å²) in [5, 5.41) is 10.3. The fraction of sp³-hybridized carbons (Fsp3) is 0.0588. The molecule has 9 aromatic carbocycles. The van der Waals surface area contributed by atoms with Crippen molar-refractivity contribution in [1.82, 2.24) is 0 Å². The molecule has 53 heavy (non-hydrogen) atoms. The fourth-order valence-corrected chi connectivity index (χ4v) is 10.0. The summed E-state index contributed by atoms with van der Waals surface area (Å²) >= 11 is 1.86. The van der Waals surface area contributed by atoms with Gasteiger partial charge in [0.1, 0.15) is 0 Å². The highest BCUT2D eigenvalue weighted by Gasteiger charge is 2.35. The predicted octanol–water partition coefficient (Wildman–Crippen LogP) is 15.0. The second-order valence-electron chi connectivity index (χ2n) is 14.9. The average molecular weight is 694 g/mol. The minimum absolute atomic E-state index is 0.0380. The van der Waals surface area contributed by atoms with Gasteiger partial charge in [-0.3, -0.25) is 0 Å². The monoisotopic (exact) mass is 693 g/mol. The molecule has 0 fully saturated rings. The van der Waals surface area contributed by atoms with Crippen LogP contribution in [0.25, 0.3) is 74.7 Å². The van der Waals surface area contributed by atoms with Gasteiger partial charge in [0.15, 0.2) is 0 Å². The van der Waals surface area contributed by atoms with Crippen LogP contribution in [0.15, 0.2) is 176 Å². The molecule has 0 radical (unpaired) electrons. The van der Waals surface area contributed by atoms with Gasteiger partial charge >= 0.3 is 0 Å². The van der Waals surface area contributed by atoms with E-state index in [9.17, 15) is 0 Å². The Labute approximate surface area is 313 Å². The Morgan fingerprint density at radius 2 is 0.981 bits per heavy atom. The largest absolute Gasteiger partial charge is 0.310 e. The highest BCUT2D eigenvalue weighted by atomic mass is 32.1. The molecule has 0 N–H and O–H groups in total. The van der Waals surface area contributed by atoms with Crippen LogP contribution < -0.4 is 4.90 Å². The summed E-state index contributed by atoms with van der Waals surface area (Å²) in [7, 11) is 0. The first-order valence-electron chi connectivity index (χ1n) is 18.4. The van der Waals surface area contributed by atoms with Gasteiger partial charge in [-0.2, -0.15) is 0 Å². The predicted molar refractivity (Wildman–Crippen MR) is 230 cm³/mol. The lowest BCUT2D eigenvalue weighted by atomic mass is 9.82. The van der Waals surface area contributed by atoms with Gasteiger partial charge < -0.3 is 4.90 Å². The number of rotatable bonds is 4. The molecule has 1 aromatic heterocycles. The van der Waals surface area contributed by atoms with Crippen LogP contribution in [-0.2, 0) is 5.41 Å². The minimum atomic E-state index is -0.0380. The molecule has 1 nitrogen and oxygen atoms in total. The summed E-state index contributed by atoms with van der Waals surface area (Å²) < 4.78 is 2.63. The summed E-state index contributed by atoms with van der Waals surface area (Å²) in [6.07, 6.45) is 0. The topological polar surface area (TPSA) is 3.24 Å². The van der Waals surface area contributed by atoms with Gasteiger partial charge in [0.25, 0.3) is 0 Å². The standard InChI is InChI=1S/C51H35NS/c1-51(2)47-13-7-5-11-42(47)45-30-37(23-27-48(45)51)52(38-24-28-50-46(31-38)43-12-6-8-14-49(43)53-50)36-21-17-32(18-22-36)35-16-15-34-20-25-40-39-10-4-3-9-33(39)19-26-41(40)44(34)29-35/h3-31H,1-2H3. The molecule has 250 valence electrons. The van der Waals surface area contributed by atoms with E-state index >= 15 is 0 Å². The molecule has 0 atom stereocenters. The van der Waals surface area contributed by atoms with Crippen LogP contribution in [0.5, 0.6) is 0 Å². The fourth-order valence-electron chi connectivity index (χ4n) is 8.95. The highest BCUT2D eigenvalue weighted by molar-refractivity contribution is 7.25. The van der Waals surface area contributed by atoms with Gasteiger partial charge in [0, 0.05) is 42.6 Å². The third kappa shape index (κ3) is 4.62. The molecule has 0 unspecified atom stereocenters. The first-order chi connectivity index (χ1) is 26.0. The number of benzene rings is 9. The Morgan fingerprint density at radius 1 is 0.377 bits per heavy atom. The third-order valence-electron chi connectivity index (χ3n) is 11.6. The van der Waals surface area contributed by atoms with Crippen LogP contribution in [0.2, 0.25) is 0 Å². The number of thiophene rings is 1. The van der Waals surface area contributed by atoms with Crippen molar-refractivity contribution in [3.05, 3.63) is 187 Å². The van der Waals surface area contributed by atoms with E-state index in [-0.39, 0.29) is 5.41 Å². The molecule has 2 heteroatoms. The van der Waals surface area contributed by atoms with Crippen LogP contribution in [0.1, 0.15) is 25.0 Å². The summed E-state index contributed by atoms with van der Waals surface area (Å²) in [5.41, 5.74) is 11.3. The molecule has 11 rings (SSSR count). The number of hydrogen-bond donors (Lipinski definition) is 0. The van der Waals surface area contributed by atoms with Gasteiger partial charge in [-0.25, -0.2) is 0 Å². The first kappa shape index (κ1) is 30.4.